The minimum absolute atomic E-state index is 0.139. The fourth-order valence-electron chi connectivity index (χ4n) is 1.58. The molecule has 0 saturated heterocycles. The van der Waals surface area contributed by atoms with Crippen LogP contribution in [0.15, 0.2) is 39.5 Å². The van der Waals surface area contributed by atoms with Crippen molar-refractivity contribution in [3.63, 3.8) is 0 Å². The number of nitrogens with one attached hydrogen (secondary N) is 1. The molecule has 0 radical (unpaired) electrons. The predicted molar refractivity (Wildman–Crippen MR) is 62.2 cm³/mol. The Bertz CT molecular complexity index is 725. The average Bonchev–Trinajstić information content (AvgIpc) is 2.97. The second-order valence-corrected chi connectivity index (χ2v) is 3.68. The van der Waals surface area contributed by atoms with Crippen molar-refractivity contribution in [2.75, 3.05) is 0 Å². The van der Waals surface area contributed by atoms with E-state index in [1.54, 1.807) is 6.92 Å². The number of hydrogen-bond acceptors (Lipinski definition) is 5. The third kappa shape index (κ3) is 1.71. The number of rotatable bonds is 2. The van der Waals surface area contributed by atoms with E-state index in [9.17, 15) is 4.79 Å². The highest BCUT2D eigenvalue weighted by Crippen LogP contribution is 2.16. The van der Waals surface area contributed by atoms with Gasteiger partial charge < -0.3 is 4.42 Å². The number of H-pyrrole nitrogens is 1. The third-order valence-electron chi connectivity index (χ3n) is 2.41. The van der Waals surface area contributed by atoms with Crippen molar-refractivity contribution in [1.82, 2.24) is 25.2 Å². The lowest BCUT2D eigenvalue weighted by Gasteiger charge is -1.96. The summed E-state index contributed by atoms with van der Waals surface area (Å²) >= 11 is 0. The van der Waals surface area contributed by atoms with Crippen molar-refractivity contribution in [1.29, 1.82) is 0 Å². The van der Waals surface area contributed by atoms with Crippen molar-refractivity contribution < 1.29 is 4.42 Å². The topological polar surface area (TPSA) is 89.6 Å². The monoisotopic (exact) mass is 243 g/mol. The maximum absolute atomic E-state index is 10.9. The summed E-state index contributed by atoms with van der Waals surface area (Å²) in [7, 11) is 0. The molecule has 7 nitrogen and oxygen atoms in total. The SMILES string of the molecule is Cc1nn(-c2ccccc2)nc1-c1n[nH]c(=O)o1. The molecule has 3 rings (SSSR count). The molecular formula is C11H9N5O2. The van der Waals surface area contributed by atoms with Crippen LogP contribution >= 0.6 is 0 Å². The molecule has 0 fully saturated rings. The zero-order valence-corrected chi connectivity index (χ0v) is 9.49. The summed E-state index contributed by atoms with van der Waals surface area (Å²) in [5.41, 5.74) is 1.90. The number of nitrogens with zero attached hydrogens (tertiary/aromatic N) is 4. The minimum Gasteiger partial charge on any atom is -0.386 e. The largest absolute Gasteiger partial charge is 0.434 e. The minimum atomic E-state index is -0.612. The van der Waals surface area contributed by atoms with Crippen molar-refractivity contribution >= 4 is 0 Å². The van der Waals surface area contributed by atoms with Crippen LogP contribution in [0.25, 0.3) is 17.3 Å². The van der Waals surface area contributed by atoms with Gasteiger partial charge in [0.15, 0.2) is 5.69 Å². The summed E-state index contributed by atoms with van der Waals surface area (Å²) in [6.07, 6.45) is 0. The van der Waals surface area contributed by atoms with E-state index in [-0.39, 0.29) is 5.89 Å². The third-order valence-corrected chi connectivity index (χ3v) is 2.41. The smallest absolute Gasteiger partial charge is 0.386 e. The fourth-order valence-corrected chi connectivity index (χ4v) is 1.58. The normalized spacial score (nSPS) is 10.7. The summed E-state index contributed by atoms with van der Waals surface area (Å²) in [6.45, 7) is 1.77. The Morgan fingerprint density at radius 3 is 2.67 bits per heavy atom. The summed E-state index contributed by atoms with van der Waals surface area (Å²) in [5.74, 6) is -0.474. The van der Waals surface area contributed by atoms with Gasteiger partial charge in [0.1, 0.15) is 0 Å². The Morgan fingerprint density at radius 1 is 1.22 bits per heavy atom. The molecule has 0 atom stereocenters. The van der Waals surface area contributed by atoms with Crippen LogP contribution in [0.4, 0.5) is 0 Å². The summed E-state index contributed by atoms with van der Waals surface area (Å²) in [4.78, 5) is 12.4. The maximum Gasteiger partial charge on any atom is 0.434 e. The molecule has 3 aromatic rings. The van der Waals surface area contributed by atoms with Gasteiger partial charge in [-0.05, 0) is 19.1 Å². The molecular weight excluding hydrogens is 234 g/mol. The molecule has 18 heavy (non-hydrogen) atoms. The Hall–Kier alpha value is -2.70. The number of para-hydroxylation sites is 1. The average molecular weight is 243 g/mol. The number of aryl methyl sites for hydroxylation is 1. The van der Waals surface area contributed by atoms with Crippen LogP contribution in [-0.2, 0) is 0 Å². The zero-order valence-electron chi connectivity index (χ0n) is 9.49. The van der Waals surface area contributed by atoms with Crippen LogP contribution in [-0.4, -0.2) is 25.2 Å². The Kier molecular flexibility index (Phi) is 2.30. The van der Waals surface area contributed by atoms with Crippen molar-refractivity contribution in [2.45, 2.75) is 6.92 Å². The first kappa shape index (κ1) is 10.5. The molecule has 1 aromatic carbocycles. The summed E-state index contributed by atoms with van der Waals surface area (Å²) in [5, 5.41) is 14.4. The van der Waals surface area contributed by atoms with Crippen LogP contribution in [0.1, 0.15) is 5.69 Å². The highest BCUT2D eigenvalue weighted by Gasteiger charge is 2.15. The molecule has 0 bridgehead atoms. The lowest BCUT2D eigenvalue weighted by molar-refractivity contribution is 0.524. The second kappa shape index (κ2) is 3.95. The second-order valence-electron chi connectivity index (χ2n) is 3.68. The number of hydrogen-bond donors (Lipinski definition) is 1. The van der Waals surface area contributed by atoms with Gasteiger partial charge in [-0.2, -0.15) is 9.90 Å². The van der Waals surface area contributed by atoms with Crippen LogP contribution in [0.3, 0.4) is 0 Å². The van der Waals surface area contributed by atoms with Gasteiger partial charge in [-0.15, -0.1) is 10.2 Å². The molecule has 0 unspecified atom stereocenters. The van der Waals surface area contributed by atoms with Gasteiger partial charge in [0.25, 0.3) is 5.89 Å². The van der Waals surface area contributed by atoms with Gasteiger partial charge in [-0.1, -0.05) is 18.2 Å². The van der Waals surface area contributed by atoms with Gasteiger partial charge in [-0.25, -0.2) is 9.89 Å². The molecule has 7 heteroatoms. The molecule has 0 amide bonds. The van der Waals surface area contributed by atoms with Crippen molar-refractivity contribution in [3.05, 3.63) is 46.6 Å². The summed E-state index contributed by atoms with van der Waals surface area (Å²) < 4.78 is 4.86. The van der Waals surface area contributed by atoms with E-state index in [1.165, 1.54) is 4.80 Å². The van der Waals surface area contributed by atoms with Crippen molar-refractivity contribution in [2.24, 2.45) is 0 Å². The lowest BCUT2D eigenvalue weighted by Crippen LogP contribution is -1.98. The van der Waals surface area contributed by atoms with Gasteiger partial charge in [0.05, 0.1) is 11.4 Å². The number of aromatic amines is 1. The first-order chi connectivity index (χ1) is 8.74. The molecule has 1 N–H and O–H groups in total. The number of aromatic nitrogens is 5. The van der Waals surface area contributed by atoms with E-state index in [4.69, 9.17) is 4.42 Å². The highest BCUT2D eigenvalue weighted by atomic mass is 16.4. The fraction of sp³-hybridized carbons (Fsp3) is 0.0909. The molecule has 2 heterocycles. The summed E-state index contributed by atoms with van der Waals surface area (Å²) in [6, 6.07) is 9.45. The van der Waals surface area contributed by atoms with Gasteiger partial charge >= 0.3 is 5.76 Å². The lowest BCUT2D eigenvalue weighted by atomic mass is 10.3. The molecule has 0 aliphatic rings. The Labute approximate surface area is 101 Å². The molecule has 2 aromatic heterocycles. The van der Waals surface area contributed by atoms with Gasteiger partial charge in [0.2, 0.25) is 0 Å². The standard InChI is InChI=1S/C11H9N5O2/c1-7-9(10-12-13-11(17)18-10)15-16(14-7)8-5-3-2-4-6-8/h2-6H,1H3,(H,13,17). The van der Waals surface area contributed by atoms with Crippen LogP contribution in [0, 0.1) is 6.92 Å². The Morgan fingerprint density at radius 2 is 2.00 bits per heavy atom. The van der Waals surface area contributed by atoms with Crippen LogP contribution in [0.5, 0.6) is 0 Å². The van der Waals surface area contributed by atoms with Crippen LogP contribution in [0.2, 0.25) is 0 Å². The molecule has 0 spiro atoms. The van der Waals surface area contributed by atoms with Crippen molar-refractivity contribution in [3.8, 4) is 17.3 Å². The zero-order chi connectivity index (χ0) is 12.5. The van der Waals surface area contributed by atoms with E-state index in [2.05, 4.69) is 20.4 Å². The Balaban J connectivity index is 2.09. The highest BCUT2D eigenvalue weighted by molar-refractivity contribution is 5.49. The molecule has 0 aliphatic carbocycles. The van der Waals surface area contributed by atoms with Gasteiger partial charge in [0, 0.05) is 0 Å². The van der Waals surface area contributed by atoms with Gasteiger partial charge in [-0.3, -0.25) is 0 Å². The van der Waals surface area contributed by atoms with E-state index in [0.29, 0.717) is 11.4 Å². The van der Waals surface area contributed by atoms with E-state index < -0.39 is 5.76 Å². The van der Waals surface area contributed by atoms with Crippen LogP contribution < -0.4 is 5.76 Å². The molecule has 0 saturated carbocycles. The predicted octanol–water partition coefficient (Wildman–Crippen LogP) is 0.919. The number of benzene rings is 1. The molecule has 90 valence electrons. The quantitative estimate of drug-likeness (QED) is 0.722. The van der Waals surface area contributed by atoms with E-state index >= 15 is 0 Å². The first-order valence-electron chi connectivity index (χ1n) is 5.29. The molecule has 0 aliphatic heterocycles. The maximum atomic E-state index is 10.9. The van der Waals surface area contributed by atoms with E-state index in [0.717, 1.165) is 5.69 Å². The van der Waals surface area contributed by atoms with E-state index in [1.807, 2.05) is 30.3 Å². The first-order valence-corrected chi connectivity index (χ1v) is 5.29.